The van der Waals surface area contributed by atoms with Crippen LogP contribution in [-0.2, 0) is 11.0 Å². The number of nitrogens with one attached hydrogen (secondary N) is 2. The molecular formula is C11H12ClF3N2O. The van der Waals surface area contributed by atoms with Gasteiger partial charge in [-0.15, -0.1) is 0 Å². The Balaban J connectivity index is 2.97. The summed E-state index contributed by atoms with van der Waals surface area (Å²) in [5.74, 6) is -0.525. The molecule has 0 aliphatic carbocycles. The summed E-state index contributed by atoms with van der Waals surface area (Å²) in [4.78, 5) is 11.4. The molecule has 0 heterocycles. The fraction of sp³-hybridized carbons (Fsp3) is 0.364. The van der Waals surface area contributed by atoms with Crippen molar-refractivity contribution in [2.24, 2.45) is 0 Å². The van der Waals surface area contributed by atoms with Crippen LogP contribution < -0.4 is 10.6 Å². The molecule has 18 heavy (non-hydrogen) atoms. The quantitative estimate of drug-likeness (QED) is 0.890. The Bertz CT molecular complexity index is 435. The molecule has 2 N–H and O–H groups in total. The van der Waals surface area contributed by atoms with Gasteiger partial charge in [0.05, 0.1) is 16.3 Å². The Kier molecular flexibility index (Phi) is 4.98. The smallest absolute Gasteiger partial charge is 0.324 e. The van der Waals surface area contributed by atoms with Crippen molar-refractivity contribution >= 4 is 23.2 Å². The molecule has 0 bridgehead atoms. The molecule has 100 valence electrons. The van der Waals surface area contributed by atoms with Crippen molar-refractivity contribution in [3.05, 3.63) is 28.8 Å². The first-order chi connectivity index (χ1) is 8.36. The maximum Gasteiger partial charge on any atom is 0.418 e. The third-order valence-electron chi connectivity index (χ3n) is 2.19. The van der Waals surface area contributed by atoms with E-state index in [0.29, 0.717) is 6.54 Å². The van der Waals surface area contributed by atoms with Crippen molar-refractivity contribution in [1.82, 2.24) is 5.32 Å². The van der Waals surface area contributed by atoms with Crippen LogP contribution in [0.3, 0.4) is 0 Å². The van der Waals surface area contributed by atoms with E-state index in [0.717, 1.165) is 6.07 Å². The first kappa shape index (κ1) is 14.8. The minimum Gasteiger partial charge on any atom is -0.324 e. The number of carbonyl (C=O) groups is 1. The zero-order valence-electron chi connectivity index (χ0n) is 9.57. The van der Waals surface area contributed by atoms with E-state index in [9.17, 15) is 18.0 Å². The van der Waals surface area contributed by atoms with Crippen LogP contribution in [0.4, 0.5) is 18.9 Å². The zero-order valence-corrected chi connectivity index (χ0v) is 10.3. The summed E-state index contributed by atoms with van der Waals surface area (Å²) in [6.07, 6.45) is -4.49. The van der Waals surface area contributed by atoms with Crippen molar-refractivity contribution in [2.75, 3.05) is 18.9 Å². The predicted octanol–water partition coefficient (Wildman–Crippen LogP) is 2.91. The van der Waals surface area contributed by atoms with Crippen molar-refractivity contribution < 1.29 is 18.0 Å². The van der Waals surface area contributed by atoms with E-state index < -0.39 is 23.3 Å². The maximum atomic E-state index is 12.7. The minimum atomic E-state index is -4.56. The van der Waals surface area contributed by atoms with E-state index >= 15 is 0 Å². The lowest BCUT2D eigenvalue weighted by Crippen LogP contribution is -2.21. The largest absolute Gasteiger partial charge is 0.418 e. The van der Waals surface area contributed by atoms with Gasteiger partial charge in [-0.25, -0.2) is 0 Å². The lowest BCUT2D eigenvalue weighted by molar-refractivity contribution is -0.137. The standard InChI is InChI=1S/C11H12ClF3N2O/c1-16-6-5-9(18)17-10-7(11(13,14)15)3-2-4-8(10)12/h2-4,16H,5-6H2,1H3,(H,17,18). The number of halogens is 4. The second kappa shape index (κ2) is 6.06. The molecule has 0 saturated carbocycles. The number of alkyl halides is 3. The number of anilines is 1. The molecule has 1 amide bonds. The summed E-state index contributed by atoms with van der Waals surface area (Å²) in [5, 5.41) is 4.78. The Labute approximate surface area is 107 Å². The van der Waals surface area contributed by atoms with Crippen LogP contribution in [0.15, 0.2) is 18.2 Å². The topological polar surface area (TPSA) is 41.1 Å². The Morgan fingerprint density at radius 1 is 1.39 bits per heavy atom. The second-order valence-corrected chi connectivity index (χ2v) is 3.97. The Morgan fingerprint density at radius 3 is 2.61 bits per heavy atom. The fourth-order valence-corrected chi connectivity index (χ4v) is 1.55. The van der Waals surface area contributed by atoms with E-state index in [1.54, 1.807) is 7.05 Å². The van der Waals surface area contributed by atoms with Gasteiger partial charge < -0.3 is 10.6 Å². The summed E-state index contributed by atoms with van der Waals surface area (Å²) >= 11 is 5.68. The molecule has 3 nitrogen and oxygen atoms in total. The number of amides is 1. The molecule has 0 aliphatic rings. The highest BCUT2D eigenvalue weighted by molar-refractivity contribution is 6.34. The van der Waals surface area contributed by atoms with E-state index in [2.05, 4.69) is 10.6 Å². The summed E-state index contributed by atoms with van der Waals surface area (Å²) in [5.41, 5.74) is -1.35. The van der Waals surface area contributed by atoms with E-state index in [1.807, 2.05) is 0 Å². The summed E-state index contributed by atoms with van der Waals surface area (Å²) in [6, 6.07) is 3.36. The van der Waals surface area contributed by atoms with Gasteiger partial charge in [0.25, 0.3) is 0 Å². The van der Waals surface area contributed by atoms with Gasteiger partial charge in [-0.3, -0.25) is 4.79 Å². The molecule has 0 aliphatic heterocycles. The van der Waals surface area contributed by atoms with Gasteiger partial charge in [-0.05, 0) is 19.2 Å². The van der Waals surface area contributed by atoms with Gasteiger partial charge in [0.2, 0.25) is 5.91 Å². The number of carbonyl (C=O) groups excluding carboxylic acids is 1. The predicted molar refractivity (Wildman–Crippen MR) is 63.6 cm³/mol. The van der Waals surface area contributed by atoms with Gasteiger partial charge in [-0.1, -0.05) is 17.7 Å². The lowest BCUT2D eigenvalue weighted by Gasteiger charge is -2.15. The molecule has 0 radical (unpaired) electrons. The molecule has 0 aromatic heterocycles. The third-order valence-corrected chi connectivity index (χ3v) is 2.50. The van der Waals surface area contributed by atoms with Crippen LogP contribution in [0.1, 0.15) is 12.0 Å². The molecular weight excluding hydrogens is 269 g/mol. The number of rotatable bonds is 4. The molecule has 7 heteroatoms. The first-order valence-corrected chi connectivity index (χ1v) is 5.54. The summed E-state index contributed by atoms with van der Waals surface area (Å²) in [7, 11) is 1.64. The van der Waals surface area contributed by atoms with Crippen molar-refractivity contribution in [2.45, 2.75) is 12.6 Å². The minimum absolute atomic E-state index is 0.0685. The third kappa shape index (κ3) is 3.89. The first-order valence-electron chi connectivity index (χ1n) is 5.16. The van der Waals surface area contributed by atoms with Crippen molar-refractivity contribution in [3.8, 4) is 0 Å². The van der Waals surface area contributed by atoms with Gasteiger partial charge in [0, 0.05) is 13.0 Å². The molecule has 0 saturated heterocycles. The van der Waals surface area contributed by atoms with Gasteiger partial charge in [0.1, 0.15) is 0 Å². The highest BCUT2D eigenvalue weighted by atomic mass is 35.5. The maximum absolute atomic E-state index is 12.7. The molecule has 1 aromatic rings. The van der Waals surface area contributed by atoms with Crippen LogP contribution >= 0.6 is 11.6 Å². The van der Waals surface area contributed by atoms with Crippen molar-refractivity contribution in [1.29, 1.82) is 0 Å². The van der Waals surface area contributed by atoms with E-state index in [-0.39, 0.29) is 11.4 Å². The van der Waals surface area contributed by atoms with Crippen LogP contribution in [-0.4, -0.2) is 19.5 Å². The van der Waals surface area contributed by atoms with Crippen LogP contribution in [0.5, 0.6) is 0 Å². The van der Waals surface area contributed by atoms with Gasteiger partial charge in [0.15, 0.2) is 0 Å². The molecule has 0 atom stereocenters. The van der Waals surface area contributed by atoms with Gasteiger partial charge >= 0.3 is 6.18 Å². The average molecular weight is 281 g/mol. The van der Waals surface area contributed by atoms with E-state index in [1.165, 1.54) is 12.1 Å². The SMILES string of the molecule is CNCCC(=O)Nc1c(Cl)cccc1C(F)(F)F. The molecule has 1 aromatic carbocycles. The van der Waals surface area contributed by atoms with Crippen LogP contribution in [0.25, 0.3) is 0 Å². The molecule has 1 rings (SSSR count). The summed E-state index contributed by atoms with van der Waals surface area (Å²) in [6.45, 7) is 0.373. The number of benzene rings is 1. The van der Waals surface area contributed by atoms with Crippen LogP contribution in [0.2, 0.25) is 5.02 Å². The lowest BCUT2D eigenvalue weighted by atomic mass is 10.1. The second-order valence-electron chi connectivity index (χ2n) is 3.56. The Hall–Kier alpha value is -1.27. The normalized spacial score (nSPS) is 11.4. The van der Waals surface area contributed by atoms with Crippen molar-refractivity contribution in [3.63, 3.8) is 0 Å². The highest BCUT2D eigenvalue weighted by Crippen LogP contribution is 2.38. The molecule has 0 fully saturated rings. The van der Waals surface area contributed by atoms with Gasteiger partial charge in [-0.2, -0.15) is 13.2 Å². The zero-order chi connectivity index (χ0) is 13.8. The average Bonchev–Trinajstić information content (AvgIpc) is 2.27. The number of hydrogen-bond acceptors (Lipinski definition) is 2. The van der Waals surface area contributed by atoms with E-state index in [4.69, 9.17) is 11.6 Å². The monoisotopic (exact) mass is 280 g/mol. The fourth-order valence-electron chi connectivity index (χ4n) is 1.33. The molecule has 0 spiro atoms. The highest BCUT2D eigenvalue weighted by Gasteiger charge is 2.34. The van der Waals surface area contributed by atoms with Crippen LogP contribution in [0, 0.1) is 0 Å². The number of para-hydroxylation sites is 1. The number of hydrogen-bond donors (Lipinski definition) is 2. The Morgan fingerprint density at radius 2 is 2.06 bits per heavy atom. The molecule has 0 unspecified atom stereocenters. The summed E-state index contributed by atoms with van der Waals surface area (Å²) < 4.78 is 38.1.